The molecule has 0 saturated heterocycles. The molecule has 0 amide bonds. The van der Waals surface area contributed by atoms with Crippen LogP contribution in [0.1, 0.15) is 31.3 Å². The average molecular weight is 307 g/mol. The quantitative estimate of drug-likeness (QED) is 0.865. The number of anilines is 2. The van der Waals surface area contributed by atoms with Crippen LogP contribution in [-0.2, 0) is 6.54 Å². The molecule has 2 rings (SSSR count). The van der Waals surface area contributed by atoms with E-state index in [0.717, 1.165) is 29.6 Å². The Morgan fingerprint density at radius 1 is 1.29 bits per heavy atom. The standard InChI is InChI=1S/C16H22FN3S/c1-5-20(14-8-6-13(17)7-9-14)16-19-12(4)15(21-16)10-18-11(2)3/h6-9,11,18H,5,10H2,1-4H3. The van der Waals surface area contributed by atoms with Crippen LogP contribution in [0.3, 0.4) is 0 Å². The number of nitrogens with zero attached hydrogens (tertiary/aromatic N) is 2. The largest absolute Gasteiger partial charge is 0.318 e. The molecule has 1 N–H and O–H groups in total. The number of benzene rings is 1. The van der Waals surface area contributed by atoms with Crippen LogP contribution in [0.4, 0.5) is 15.2 Å². The van der Waals surface area contributed by atoms with E-state index in [9.17, 15) is 4.39 Å². The SMILES string of the molecule is CCN(c1ccc(F)cc1)c1nc(C)c(CNC(C)C)s1. The zero-order valence-corrected chi connectivity index (χ0v) is 13.8. The van der Waals surface area contributed by atoms with Crippen LogP contribution < -0.4 is 10.2 Å². The molecule has 0 saturated carbocycles. The van der Waals surface area contributed by atoms with E-state index in [2.05, 4.69) is 36.0 Å². The van der Waals surface area contributed by atoms with Gasteiger partial charge >= 0.3 is 0 Å². The topological polar surface area (TPSA) is 28.2 Å². The van der Waals surface area contributed by atoms with E-state index in [1.807, 2.05) is 6.92 Å². The highest BCUT2D eigenvalue weighted by Gasteiger charge is 2.14. The maximum Gasteiger partial charge on any atom is 0.190 e. The first-order valence-electron chi connectivity index (χ1n) is 7.24. The van der Waals surface area contributed by atoms with Gasteiger partial charge in [0.2, 0.25) is 0 Å². The predicted molar refractivity (Wildman–Crippen MR) is 87.9 cm³/mol. The molecule has 0 unspecified atom stereocenters. The Balaban J connectivity index is 2.22. The summed E-state index contributed by atoms with van der Waals surface area (Å²) in [5.41, 5.74) is 2.03. The van der Waals surface area contributed by atoms with E-state index in [-0.39, 0.29) is 5.82 Å². The van der Waals surface area contributed by atoms with Crippen molar-refractivity contribution in [2.75, 3.05) is 11.4 Å². The molecule has 0 aliphatic carbocycles. The Morgan fingerprint density at radius 3 is 2.52 bits per heavy atom. The van der Waals surface area contributed by atoms with Crippen molar-refractivity contribution in [3.8, 4) is 0 Å². The second kappa shape index (κ2) is 7.00. The number of aromatic nitrogens is 1. The van der Waals surface area contributed by atoms with Gasteiger partial charge in [-0.25, -0.2) is 9.37 Å². The molecule has 1 aromatic carbocycles. The summed E-state index contributed by atoms with van der Waals surface area (Å²) in [6.45, 7) is 10.0. The first-order valence-corrected chi connectivity index (χ1v) is 8.05. The molecule has 0 radical (unpaired) electrons. The molecule has 0 aliphatic heterocycles. The lowest BCUT2D eigenvalue weighted by Gasteiger charge is -2.19. The van der Waals surface area contributed by atoms with E-state index in [4.69, 9.17) is 0 Å². The van der Waals surface area contributed by atoms with Crippen molar-refractivity contribution in [2.45, 2.75) is 40.3 Å². The zero-order chi connectivity index (χ0) is 15.4. The molecule has 2 aromatic rings. The summed E-state index contributed by atoms with van der Waals surface area (Å²) in [5.74, 6) is -0.216. The van der Waals surface area contributed by atoms with Gasteiger partial charge in [0, 0.05) is 29.7 Å². The summed E-state index contributed by atoms with van der Waals surface area (Å²) in [5, 5.41) is 4.38. The van der Waals surface area contributed by atoms with Crippen LogP contribution in [-0.4, -0.2) is 17.6 Å². The third-order valence-corrected chi connectivity index (χ3v) is 4.42. The Labute approximate surface area is 129 Å². The van der Waals surface area contributed by atoms with Crippen LogP contribution in [0, 0.1) is 12.7 Å². The smallest absolute Gasteiger partial charge is 0.190 e. The van der Waals surface area contributed by atoms with Crippen molar-refractivity contribution in [1.29, 1.82) is 0 Å². The van der Waals surface area contributed by atoms with Gasteiger partial charge in [-0.1, -0.05) is 25.2 Å². The van der Waals surface area contributed by atoms with Crippen LogP contribution in [0.2, 0.25) is 0 Å². The van der Waals surface area contributed by atoms with Crippen LogP contribution in [0.5, 0.6) is 0 Å². The van der Waals surface area contributed by atoms with Gasteiger partial charge in [-0.3, -0.25) is 0 Å². The molecule has 3 nitrogen and oxygen atoms in total. The summed E-state index contributed by atoms with van der Waals surface area (Å²) in [4.78, 5) is 8.03. The minimum Gasteiger partial charge on any atom is -0.318 e. The lowest BCUT2D eigenvalue weighted by Crippen LogP contribution is -2.21. The van der Waals surface area contributed by atoms with Crippen molar-refractivity contribution in [3.63, 3.8) is 0 Å². The highest BCUT2D eigenvalue weighted by atomic mass is 32.1. The molecular weight excluding hydrogens is 285 g/mol. The number of thiazole rings is 1. The highest BCUT2D eigenvalue weighted by molar-refractivity contribution is 7.15. The highest BCUT2D eigenvalue weighted by Crippen LogP contribution is 2.31. The third kappa shape index (κ3) is 4.02. The van der Waals surface area contributed by atoms with Gasteiger partial charge in [-0.15, -0.1) is 0 Å². The van der Waals surface area contributed by atoms with Gasteiger partial charge < -0.3 is 10.2 Å². The second-order valence-electron chi connectivity index (χ2n) is 5.26. The molecule has 1 heterocycles. The minimum absolute atomic E-state index is 0.216. The molecule has 0 aliphatic rings. The fourth-order valence-electron chi connectivity index (χ4n) is 2.04. The van der Waals surface area contributed by atoms with Crippen molar-refractivity contribution in [1.82, 2.24) is 10.3 Å². The lowest BCUT2D eigenvalue weighted by molar-refractivity contribution is 0.591. The van der Waals surface area contributed by atoms with Crippen molar-refractivity contribution in [3.05, 3.63) is 40.7 Å². The Hall–Kier alpha value is -1.46. The number of halogens is 1. The summed E-state index contributed by atoms with van der Waals surface area (Å²) >= 11 is 1.69. The normalized spacial score (nSPS) is 11.1. The van der Waals surface area contributed by atoms with Gasteiger partial charge in [0.1, 0.15) is 5.82 Å². The van der Waals surface area contributed by atoms with E-state index < -0.39 is 0 Å². The number of hydrogen-bond acceptors (Lipinski definition) is 4. The number of hydrogen-bond donors (Lipinski definition) is 1. The van der Waals surface area contributed by atoms with Gasteiger partial charge in [0.15, 0.2) is 5.13 Å². The average Bonchev–Trinajstić information content (AvgIpc) is 2.80. The summed E-state index contributed by atoms with van der Waals surface area (Å²) in [7, 11) is 0. The molecule has 0 bridgehead atoms. The van der Waals surface area contributed by atoms with E-state index in [0.29, 0.717) is 6.04 Å². The summed E-state index contributed by atoms with van der Waals surface area (Å²) in [6, 6.07) is 7.01. The summed E-state index contributed by atoms with van der Waals surface area (Å²) in [6.07, 6.45) is 0. The zero-order valence-electron chi connectivity index (χ0n) is 13.0. The molecule has 114 valence electrons. The fourth-order valence-corrected chi connectivity index (χ4v) is 3.13. The van der Waals surface area contributed by atoms with Crippen molar-refractivity contribution < 1.29 is 4.39 Å². The molecule has 0 fully saturated rings. The number of nitrogens with one attached hydrogen (secondary N) is 1. The molecule has 0 spiro atoms. The van der Waals surface area contributed by atoms with E-state index in [1.165, 1.54) is 17.0 Å². The van der Waals surface area contributed by atoms with Crippen molar-refractivity contribution in [2.24, 2.45) is 0 Å². The molecule has 0 atom stereocenters. The molecule has 1 aromatic heterocycles. The van der Waals surface area contributed by atoms with E-state index >= 15 is 0 Å². The maximum absolute atomic E-state index is 13.1. The van der Waals surface area contributed by atoms with Gasteiger partial charge in [0.05, 0.1) is 5.69 Å². The predicted octanol–water partition coefficient (Wildman–Crippen LogP) is 4.25. The van der Waals surface area contributed by atoms with Crippen molar-refractivity contribution >= 4 is 22.2 Å². The number of rotatable bonds is 6. The third-order valence-electron chi connectivity index (χ3n) is 3.24. The maximum atomic E-state index is 13.1. The fraction of sp³-hybridized carbons (Fsp3) is 0.438. The van der Waals surface area contributed by atoms with Crippen LogP contribution in [0.25, 0.3) is 0 Å². The second-order valence-corrected chi connectivity index (χ2v) is 6.32. The number of aryl methyl sites for hydroxylation is 1. The Bertz CT molecular complexity index is 578. The lowest BCUT2D eigenvalue weighted by atomic mass is 10.3. The van der Waals surface area contributed by atoms with E-state index in [1.54, 1.807) is 23.5 Å². The first kappa shape index (κ1) is 15.9. The van der Waals surface area contributed by atoms with Crippen LogP contribution >= 0.6 is 11.3 Å². The van der Waals surface area contributed by atoms with Gasteiger partial charge in [0.25, 0.3) is 0 Å². The van der Waals surface area contributed by atoms with Gasteiger partial charge in [-0.2, -0.15) is 0 Å². The Morgan fingerprint density at radius 2 is 1.95 bits per heavy atom. The summed E-state index contributed by atoms with van der Waals surface area (Å²) < 4.78 is 13.1. The first-order chi connectivity index (χ1) is 10.0. The molecular formula is C16H22FN3S. The molecule has 5 heteroatoms. The minimum atomic E-state index is -0.216. The van der Waals surface area contributed by atoms with Gasteiger partial charge in [-0.05, 0) is 38.1 Å². The monoisotopic (exact) mass is 307 g/mol. The molecule has 21 heavy (non-hydrogen) atoms. The van der Waals surface area contributed by atoms with Crippen LogP contribution in [0.15, 0.2) is 24.3 Å². The Kier molecular flexibility index (Phi) is 5.31.